The van der Waals surface area contributed by atoms with Gasteiger partial charge in [-0.05, 0) is 28.2 Å². The van der Waals surface area contributed by atoms with Crippen LogP contribution in [0.2, 0.25) is 0 Å². The van der Waals surface area contributed by atoms with E-state index in [2.05, 4.69) is 20.8 Å². The van der Waals surface area contributed by atoms with Crippen LogP contribution in [0.25, 0.3) is 11.1 Å². The molecule has 2 aromatic rings. The quantitative estimate of drug-likeness (QED) is 0.462. The Morgan fingerprint density at radius 3 is 2.00 bits per heavy atom. The molecule has 4 heteroatoms. The van der Waals surface area contributed by atoms with Crippen molar-refractivity contribution in [3.63, 3.8) is 0 Å². The van der Waals surface area contributed by atoms with Crippen molar-refractivity contribution in [2.24, 2.45) is 0 Å². The van der Waals surface area contributed by atoms with Crippen molar-refractivity contribution < 1.29 is 4.79 Å². The number of carbonyl (C=O) groups is 1. The van der Waals surface area contributed by atoms with Gasteiger partial charge in [-0.25, -0.2) is 0 Å². The van der Waals surface area contributed by atoms with Gasteiger partial charge in [0.1, 0.15) is 0 Å². The first kappa shape index (κ1) is 17.3. The van der Waals surface area contributed by atoms with Crippen LogP contribution >= 0.6 is 34.8 Å². The van der Waals surface area contributed by atoms with E-state index in [-0.39, 0.29) is 5.41 Å². The highest BCUT2D eigenvalue weighted by atomic mass is 35.6. The molecule has 0 fully saturated rings. The second-order valence-corrected chi connectivity index (χ2v) is 8.48. The van der Waals surface area contributed by atoms with Gasteiger partial charge in [-0.15, -0.1) is 0 Å². The van der Waals surface area contributed by atoms with E-state index in [1.165, 1.54) is 0 Å². The Balaban J connectivity index is 2.67. The number of Topliss-reactive ketones (excluding diaryl/α,β-unsaturated/α-hetero) is 1. The highest BCUT2D eigenvalue weighted by molar-refractivity contribution is 6.77. The fourth-order valence-electron chi connectivity index (χ4n) is 2.22. The second kappa shape index (κ2) is 6.23. The molecule has 0 atom stereocenters. The summed E-state index contributed by atoms with van der Waals surface area (Å²) in [6, 6.07) is 15.3. The van der Waals surface area contributed by atoms with Crippen LogP contribution in [-0.2, 0) is 5.41 Å². The molecule has 0 aliphatic rings. The summed E-state index contributed by atoms with van der Waals surface area (Å²) in [4.78, 5) is 12.4. The van der Waals surface area contributed by atoms with Crippen LogP contribution in [0.4, 0.5) is 0 Å². The van der Waals surface area contributed by atoms with Crippen molar-refractivity contribution in [3.8, 4) is 11.1 Å². The zero-order chi connectivity index (χ0) is 16.5. The average molecular weight is 356 g/mol. The largest absolute Gasteiger partial charge is 0.289 e. The fourth-order valence-corrected chi connectivity index (χ4v) is 2.52. The zero-order valence-corrected chi connectivity index (χ0v) is 14.9. The van der Waals surface area contributed by atoms with Crippen molar-refractivity contribution >= 4 is 40.6 Å². The monoisotopic (exact) mass is 354 g/mol. The molecule has 116 valence electrons. The fraction of sp³-hybridized carbons (Fsp3) is 0.278. The first-order chi connectivity index (χ1) is 10.1. The van der Waals surface area contributed by atoms with Crippen LogP contribution in [-0.4, -0.2) is 9.58 Å². The molecule has 0 aliphatic heterocycles. The van der Waals surface area contributed by atoms with Crippen LogP contribution in [0.3, 0.4) is 0 Å². The van der Waals surface area contributed by atoms with Gasteiger partial charge < -0.3 is 0 Å². The van der Waals surface area contributed by atoms with E-state index in [0.29, 0.717) is 5.56 Å². The summed E-state index contributed by atoms with van der Waals surface area (Å²) in [5.41, 5.74) is 3.20. The second-order valence-electron chi connectivity index (χ2n) is 6.20. The minimum Gasteiger partial charge on any atom is -0.289 e. The molecule has 0 spiro atoms. The van der Waals surface area contributed by atoms with Crippen molar-refractivity contribution in [2.45, 2.75) is 30.0 Å². The summed E-state index contributed by atoms with van der Waals surface area (Å²) < 4.78 is -1.97. The third-order valence-electron chi connectivity index (χ3n) is 3.47. The molecule has 2 rings (SSSR count). The molecule has 22 heavy (non-hydrogen) atoms. The first-order valence-electron chi connectivity index (χ1n) is 6.92. The predicted octanol–water partition coefficient (Wildman–Crippen LogP) is 6.20. The van der Waals surface area contributed by atoms with E-state index in [0.717, 1.165) is 16.7 Å². The van der Waals surface area contributed by atoms with Gasteiger partial charge in [0.25, 0.3) is 3.79 Å². The number of rotatable bonds is 2. The Bertz CT molecular complexity index is 680. The molecule has 0 saturated heterocycles. The summed E-state index contributed by atoms with van der Waals surface area (Å²) in [5.74, 6) is -0.517. The normalized spacial score (nSPS) is 12.3. The molecule has 0 radical (unpaired) electrons. The third kappa shape index (κ3) is 3.84. The van der Waals surface area contributed by atoms with Gasteiger partial charge in [-0.1, -0.05) is 98.0 Å². The van der Waals surface area contributed by atoms with Crippen LogP contribution in [0, 0.1) is 0 Å². The molecule has 0 aliphatic carbocycles. The van der Waals surface area contributed by atoms with Crippen LogP contribution in [0.5, 0.6) is 0 Å². The Kier molecular flexibility index (Phi) is 4.91. The molecule has 0 N–H and O–H groups in total. The number of alkyl halides is 3. The van der Waals surface area contributed by atoms with Gasteiger partial charge in [0.05, 0.1) is 0 Å². The minimum absolute atomic E-state index is 0.0366. The summed E-state index contributed by atoms with van der Waals surface area (Å²) in [7, 11) is 0. The lowest BCUT2D eigenvalue weighted by molar-refractivity contribution is 0.0997. The van der Waals surface area contributed by atoms with E-state index >= 15 is 0 Å². The maximum absolute atomic E-state index is 12.4. The zero-order valence-electron chi connectivity index (χ0n) is 12.7. The van der Waals surface area contributed by atoms with Crippen LogP contribution in [0.1, 0.15) is 36.7 Å². The molecule has 2 aromatic carbocycles. The standard InChI is InChI=1S/C18H17Cl3O/c1-17(2,3)13-9-10-14(16(22)18(19,20)21)15(11-13)12-7-5-4-6-8-12/h4-11H,1-3H3. The molecule has 1 nitrogen and oxygen atoms in total. The van der Waals surface area contributed by atoms with Gasteiger partial charge in [-0.2, -0.15) is 0 Å². The van der Waals surface area contributed by atoms with Crippen molar-refractivity contribution in [2.75, 3.05) is 0 Å². The van der Waals surface area contributed by atoms with E-state index < -0.39 is 9.58 Å². The topological polar surface area (TPSA) is 17.1 Å². The molecule has 0 saturated carbocycles. The molecule has 0 heterocycles. The first-order valence-corrected chi connectivity index (χ1v) is 8.05. The predicted molar refractivity (Wildman–Crippen MR) is 95.2 cm³/mol. The Morgan fingerprint density at radius 1 is 0.909 bits per heavy atom. The number of benzene rings is 2. The van der Waals surface area contributed by atoms with Crippen LogP contribution < -0.4 is 0 Å². The Labute approximate surface area is 146 Å². The highest BCUT2D eigenvalue weighted by Crippen LogP contribution is 2.36. The van der Waals surface area contributed by atoms with Crippen molar-refractivity contribution in [1.82, 2.24) is 0 Å². The van der Waals surface area contributed by atoms with Gasteiger partial charge in [0.2, 0.25) is 5.78 Å². The van der Waals surface area contributed by atoms with Crippen molar-refractivity contribution in [1.29, 1.82) is 0 Å². The number of hydrogen-bond donors (Lipinski definition) is 0. The van der Waals surface area contributed by atoms with E-state index in [4.69, 9.17) is 34.8 Å². The average Bonchev–Trinajstić information content (AvgIpc) is 2.45. The summed E-state index contributed by atoms with van der Waals surface area (Å²) >= 11 is 17.4. The lowest BCUT2D eigenvalue weighted by Gasteiger charge is -2.22. The maximum Gasteiger partial charge on any atom is 0.253 e. The lowest BCUT2D eigenvalue weighted by Crippen LogP contribution is -2.20. The van der Waals surface area contributed by atoms with Gasteiger partial charge >= 0.3 is 0 Å². The number of halogens is 3. The van der Waals surface area contributed by atoms with E-state index in [1.807, 2.05) is 42.5 Å². The van der Waals surface area contributed by atoms with Gasteiger partial charge in [-0.3, -0.25) is 4.79 Å². The van der Waals surface area contributed by atoms with Crippen molar-refractivity contribution in [3.05, 3.63) is 59.7 Å². The summed E-state index contributed by atoms with van der Waals surface area (Å²) in [5, 5.41) is 0. The van der Waals surface area contributed by atoms with Gasteiger partial charge in [0.15, 0.2) is 0 Å². The molecular weight excluding hydrogens is 339 g/mol. The Morgan fingerprint density at radius 2 is 1.50 bits per heavy atom. The molecular formula is C18H17Cl3O. The molecule has 0 unspecified atom stereocenters. The Hall–Kier alpha value is -1.02. The lowest BCUT2D eigenvalue weighted by atomic mass is 9.83. The molecule has 0 aromatic heterocycles. The maximum atomic E-state index is 12.4. The summed E-state index contributed by atoms with van der Waals surface area (Å²) in [6.07, 6.45) is 0. The molecule has 0 amide bonds. The van der Waals surface area contributed by atoms with Crippen LogP contribution in [0.15, 0.2) is 48.5 Å². The number of carbonyl (C=O) groups excluding carboxylic acids is 1. The summed E-state index contributed by atoms with van der Waals surface area (Å²) in [6.45, 7) is 6.36. The smallest absolute Gasteiger partial charge is 0.253 e. The van der Waals surface area contributed by atoms with E-state index in [9.17, 15) is 4.79 Å². The highest BCUT2D eigenvalue weighted by Gasteiger charge is 2.33. The number of hydrogen-bond acceptors (Lipinski definition) is 1. The SMILES string of the molecule is CC(C)(C)c1ccc(C(=O)C(Cl)(Cl)Cl)c(-c2ccccc2)c1. The minimum atomic E-state index is -1.97. The number of ketones is 1. The third-order valence-corrected chi connectivity index (χ3v) is 3.99. The van der Waals surface area contributed by atoms with Gasteiger partial charge in [0, 0.05) is 5.56 Å². The van der Waals surface area contributed by atoms with E-state index in [1.54, 1.807) is 6.07 Å². The molecule has 0 bridgehead atoms.